The van der Waals surface area contributed by atoms with E-state index in [-0.39, 0.29) is 27.1 Å². The molecule has 0 aliphatic carbocycles. The average Bonchev–Trinajstić information content (AvgIpc) is 0.811. The third-order valence-corrected chi connectivity index (χ3v) is 0. The molecule has 0 fully saturated rings. The van der Waals surface area contributed by atoms with E-state index in [0.29, 0.717) is 0 Å². The molecule has 0 saturated heterocycles. The fourth-order valence-corrected chi connectivity index (χ4v) is 0. The van der Waals surface area contributed by atoms with Crippen LogP contribution in [0, 0.1) is 0 Å². The molecule has 0 unspecified atom stereocenters. The average molecular weight is 242 g/mol. The third kappa shape index (κ3) is 77.6. The summed E-state index contributed by atoms with van der Waals surface area (Å²) < 4.78 is 0. The van der Waals surface area contributed by atoms with Crippen molar-refractivity contribution in [3.05, 3.63) is 5.73 Å². The molecule has 0 heterocycles. The van der Waals surface area contributed by atoms with Crippen LogP contribution in [0.3, 0.4) is 0 Å². The molecular formula is C3H8NW-. The summed E-state index contributed by atoms with van der Waals surface area (Å²) in [6, 6.07) is 0.0833. The summed E-state index contributed by atoms with van der Waals surface area (Å²) in [4.78, 5) is 0. The predicted molar refractivity (Wildman–Crippen MR) is 19.5 cm³/mol. The molecule has 0 saturated carbocycles. The molecule has 0 aliphatic heterocycles. The van der Waals surface area contributed by atoms with Crippen LogP contribution in [0.1, 0.15) is 13.8 Å². The van der Waals surface area contributed by atoms with E-state index in [4.69, 9.17) is 5.73 Å². The van der Waals surface area contributed by atoms with Crippen LogP contribution >= 0.6 is 0 Å². The maximum absolute atomic E-state index is 6.58. The van der Waals surface area contributed by atoms with Gasteiger partial charge in [-0.3, -0.25) is 0 Å². The van der Waals surface area contributed by atoms with E-state index in [2.05, 4.69) is 0 Å². The van der Waals surface area contributed by atoms with Crippen molar-refractivity contribution in [1.82, 2.24) is 0 Å². The van der Waals surface area contributed by atoms with E-state index in [1.165, 1.54) is 0 Å². The minimum atomic E-state index is 0. The molecule has 0 amide bonds. The summed E-state index contributed by atoms with van der Waals surface area (Å²) in [5, 5.41) is 0. The summed E-state index contributed by atoms with van der Waals surface area (Å²) in [7, 11) is 0. The Labute approximate surface area is 47.2 Å². The van der Waals surface area contributed by atoms with Crippen LogP contribution in [0.15, 0.2) is 0 Å². The zero-order chi connectivity index (χ0) is 3.58. The van der Waals surface area contributed by atoms with Crippen molar-refractivity contribution in [1.29, 1.82) is 0 Å². The standard InChI is InChI=1S/C3H8N.W/c1-3(2)4;/h3-4H,1-2H3;/q-1;. The third-order valence-electron chi connectivity index (χ3n) is 0. The van der Waals surface area contributed by atoms with Gasteiger partial charge in [0, 0.05) is 21.1 Å². The first kappa shape index (κ1) is 9.17. The number of nitrogens with one attached hydrogen (secondary N) is 1. The Bertz CT molecular complexity index is 11.6. The van der Waals surface area contributed by atoms with Crippen LogP contribution in [0.25, 0.3) is 5.73 Å². The molecule has 0 rings (SSSR count). The molecule has 1 nitrogen and oxygen atoms in total. The van der Waals surface area contributed by atoms with Crippen molar-refractivity contribution in [2.75, 3.05) is 0 Å². The molecule has 0 atom stereocenters. The van der Waals surface area contributed by atoms with Crippen LogP contribution in [0.4, 0.5) is 0 Å². The van der Waals surface area contributed by atoms with Crippen molar-refractivity contribution in [2.24, 2.45) is 0 Å². The van der Waals surface area contributed by atoms with Gasteiger partial charge >= 0.3 is 0 Å². The Morgan fingerprint density at radius 1 is 1.40 bits per heavy atom. The zero-order valence-electron chi connectivity index (χ0n) is 3.49. The predicted octanol–water partition coefficient (Wildman–Crippen LogP) is 1.44. The summed E-state index contributed by atoms with van der Waals surface area (Å²) >= 11 is 0. The molecule has 0 aliphatic rings. The summed E-state index contributed by atoms with van der Waals surface area (Å²) in [5.74, 6) is 0. The van der Waals surface area contributed by atoms with E-state index in [1.807, 2.05) is 13.8 Å². The molecule has 0 aromatic carbocycles. The first-order chi connectivity index (χ1) is 1.73. The Morgan fingerprint density at radius 2 is 1.40 bits per heavy atom. The first-order valence-electron chi connectivity index (χ1n) is 1.44. The molecule has 0 radical (unpaired) electrons. The van der Waals surface area contributed by atoms with Crippen molar-refractivity contribution in [3.63, 3.8) is 0 Å². The molecule has 32 valence electrons. The molecule has 0 aromatic heterocycles. The second-order valence-corrected chi connectivity index (χ2v) is 1.15. The topological polar surface area (TPSA) is 23.8 Å². The van der Waals surface area contributed by atoms with Gasteiger partial charge in [0.1, 0.15) is 0 Å². The van der Waals surface area contributed by atoms with Crippen LogP contribution in [0.5, 0.6) is 0 Å². The number of rotatable bonds is 0. The minimum absolute atomic E-state index is 0. The molecule has 1 N–H and O–H groups in total. The Kier molecular flexibility index (Phi) is 8.52. The van der Waals surface area contributed by atoms with Gasteiger partial charge in [0.15, 0.2) is 0 Å². The van der Waals surface area contributed by atoms with Crippen LogP contribution in [-0.2, 0) is 21.1 Å². The maximum Gasteiger partial charge on any atom is 0 e. The van der Waals surface area contributed by atoms with Gasteiger partial charge in [0.05, 0.1) is 0 Å². The quantitative estimate of drug-likeness (QED) is 0.613. The summed E-state index contributed by atoms with van der Waals surface area (Å²) in [6.45, 7) is 3.67. The van der Waals surface area contributed by atoms with Gasteiger partial charge in [0.2, 0.25) is 0 Å². The zero-order valence-corrected chi connectivity index (χ0v) is 6.42. The van der Waals surface area contributed by atoms with Gasteiger partial charge < -0.3 is 5.73 Å². The number of hydrogen-bond acceptors (Lipinski definition) is 0. The maximum atomic E-state index is 6.58. The van der Waals surface area contributed by atoms with E-state index < -0.39 is 0 Å². The fourth-order valence-electron chi connectivity index (χ4n) is 0. The van der Waals surface area contributed by atoms with E-state index in [9.17, 15) is 0 Å². The van der Waals surface area contributed by atoms with Crippen molar-refractivity contribution < 1.29 is 21.1 Å². The van der Waals surface area contributed by atoms with Crippen LogP contribution in [-0.4, -0.2) is 6.04 Å². The van der Waals surface area contributed by atoms with Crippen LogP contribution in [0.2, 0.25) is 0 Å². The SMILES string of the molecule is CC(C)[NH-].[W]. The van der Waals surface area contributed by atoms with Gasteiger partial charge in [-0.05, 0) is 0 Å². The van der Waals surface area contributed by atoms with Gasteiger partial charge in [-0.15, -0.1) is 6.04 Å². The Morgan fingerprint density at radius 3 is 1.40 bits per heavy atom. The minimum Gasteiger partial charge on any atom is -0.675 e. The summed E-state index contributed by atoms with van der Waals surface area (Å²) in [6.07, 6.45) is 0. The first-order valence-corrected chi connectivity index (χ1v) is 1.44. The van der Waals surface area contributed by atoms with Gasteiger partial charge in [-0.2, -0.15) is 0 Å². The monoisotopic (exact) mass is 242 g/mol. The van der Waals surface area contributed by atoms with E-state index in [1.54, 1.807) is 0 Å². The van der Waals surface area contributed by atoms with Crippen molar-refractivity contribution in [3.8, 4) is 0 Å². The summed E-state index contributed by atoms with van der Waals surface area (Å²) in [5.41, 5.74) is 6.58. The largest absolute Gasteiger partial charge is 0.675 e. The normalized spacial score (nSPS) is 7.20. The van der Waals surface area contributed by atoms with Gasteiger partial charge in [-0.1, -0.05) is 13.8 Å². The van der Waals surface area contributed by atoms with E-state index >= 15 is 0 Å². The number of hydrogen-bond donors (Lipinski definition) is 0. The fraction of sp³-hybridized carbons (Fsp3) is 1.00. The van der Waals surface area contributed by atoms with E-state index in [0.717, 1.165) is 0 Å². The Balaban J connectivity index is 0. The molecule has 0 bridgehead atoms. The second kappa shape index (κ2) is 4.65. The Hall–Kier alpha value is 0.648. The second-order valence-electron chi connectivity index (χ2n) is 1.15. The molecule has 0 aromatic rings. The van der Waals surface area contributed by atoms with Gasteiger partial charge in [0.25, 0.3) is 0 Å². The molecule has 5 heavy (non-hydrogen) atoms. The molecular weight excluding hydrogens is 234 g/mol. The van der Waals surface area contributed by atoms with Gasteiger partial charge in [-0.25, -0.2) is 0 Å². The van der Waals surface area contributed by atoms with Crippen LogP contribution < -0.4 is 0 Å². The van der Waals surface area contributed by atoms with Crippen molar-refractivity contribution >= 4 is 0 Å². The van der Waals surface area contributed by atoms with Crippen molar-refractivity contribution in [2.45, 2.75) is 19.9 Å². The molecule has 2 heteroatoms. The molecule has 0 spiro atoms. The smallest absolute Gasteiger partial charge is 0 e.